The first kappa shape index (κ1) is 13.7. The van der Waals surface area contributed by atoms with Gasteiger partial charge in [-0.05, 0) is 13.0 Å². The van der Waals surface area contributed by atoms with Gasteiger partial charge in [0.25, 0.3) is 0 Å². The van der Waals surface area contributed by atoms with E-state index < -0.39 is 5.82 Å². The minimum absolute atomic E-state index is 0.0921. The predicted molar refractivity (Wildman–Crippen MR) is 73.4 cm³/mol. The standard InChI is InChI=1S/C14H14FN3S/c1-10-18-13(9-19-10)5-6-17-8-12-4-2-3-11(7-16)14(12)15/h2-4,9,17H,5-6,8H2,1H3. The van der Waals surface area contributed by atoms with Gasteiger partial charge in [-0.1, -0.05) is 12.1 Å². The Balaban J connectivity index is 1.85. The third-order valence-electron chi connectivity index (χ3n) is 2.74. The number of nitriles is 1. The zero-order chi connectivity index (χ0) is 13.7. The molecular formula is C14H14FN3S. The van der Waals surface area contributed by atoms with Gasteiger partial charge >= 0.3 is 0 Å². The molecule has 0 amide bonds. The number of nitrogens with zero attached hydrogens (tertiary/aromatic N) is 2. The molecule has 0 saturated heterocycles. The highest BCUT2D eigenvalue weighted by atomic mass is 32.1. The molecule has 0 fully saturated rings. The largest absolute Gasteiger partial charge is 0.312 e. The number of thiazole rings is 1. The lowest BCUT2D eigenvalue weighted by atomic mass is 10.1. The van der Waals surface area contributed by atoms with Crippen molar-refractivity contribution >= 4 is 11.3 Å². The summed E-state index contributed by atoms with van der Waals surface area (Å²) in [5, 5.41) is 15.0. The fourth-order valence-electron chi connectivity index (χ4n) is 1.77. The number of halogens is 1. The third kappa shape index (κ3) is 3.60. The van der Waals surface area contributed by atoms with Gasteiger partial charge in [-0.3, -0.25) is 0 Å². The van der Waals surface area contributed by atoms with E-state index >= 15 is 0 Å². The van der Waals surface area contributed by atoms with E-state index in [1.807, 2.05) is 18.4 Å². The smallest absolute Gasteiger partial charge is 0.145 e. The van der Waals surface area contributed by atoms with Crippen molar-refractivity contribution in [2.45, 2.75) is 19.9 Å². The summed E-state index contributed by atoms with van der Waals surface area (Å²) in [6, 6.07) is 6.71. The van der Waals surface area contributed by atoms with Crippen molar-refractivity contribution in [3.63, 3.8) is 0 Å². The SMILES string of the molecule is Cc1nc(CCNCc2cccc(C#N)c2F)cs1. The van der Waals surface area contributed by atoms with Crippen molar-refractivity contribution < 1.29 is 4.39 Å². The van der Waals surface area contributed by atoms with Crippen LogP contribution in [0.3, 0.4) is 0 Å². The normalized spacial score (nSPS) is 10.4. The van der Waals surface area contributed by atoms with E-state index in [0.717, 1.165) is 23.7 Å². The van der Waals surface area contributed by atoms with Gasteiger partial charge in [0.2, 0.25) is 0 Å². The van der Waals surface area contributed by atoms with E-state index in [2.05, 4.69) is 10.3 Å². The van der Waals surface area contributed by atoms with Gasteiger partial charge in [-0.2, -0.15) is 5.26 Å². The quantitative estimate of drug-likeness (QED) is 0.854. The molecule has 1 heterocycles. The first-order valence-electron chi connectivity index (χ1n) is 6.00. The summed E-state index contributed by atoms with van der Waals surface area (Å²) in [5.74, 6) is -0.429. The second-order valence-electron chi connectivity index (χ2n) is 4.18. The average molecular weight is 275 g/mol. The Kier molecular flexibility index (Phi) is 4.61. The van der Waals surface area contributed by atoms with Gasteiger partial charge in [-0.15, -0.1) is 11.3 Å². The molecule has 0 bridgehead atoms. The lowest BCUT2D eigenvalue weighted by Gasteiger charge is -2.06. The van der Waals surface area contributed by atoms with Gasteiger partial charge in [0.15, 0.2) is 0 Å². The molecule has 0 atom stereocenters. The summed E-state index contributed by atoms with van der Waals surface area (Å²) in [6.07, 6.45) is 0.823. The Morgan fingerprint density at radius 2 is 2.32 bits per heavy atom. The summed E-state index contributed by atoms with van der Waals surface area (Å²) < 4.78 is 13.8. The van der Waals surface area contributed by atoms with E-state index in [1.165, 1.54) is 6.07 Å². The molecule has 1 aromatic heterocycles. The monoisotopic (exact) mass is 275 g/mol. The molecule has 0 saturated carbocycles. The topological polar surface area (TPSA) is 48.7 Å². The first-order chi connectivity index (χ1) is 9.20. The number of aromatic nitrogens is 1. The molecule has 3 nitrogen and oxygen atoms in total. The molecule has 0 aliphatic heterocycles. The number of nitrogens with one attached hydrogen (secondary N) is 1. The van der Waals surface area contributed by atoms with Crippen LogP contribution in [0.25, 0.3) is 0 Å². The molecule has 0 radical (unpaired) electrons. The minimum atomic E-state index is -0.429. The number of benzene rings is 1. The van der Waals surface area contributed by atoms with Crippen LogP contribution in [0.5, 0.6) is 0 Å². The molecule has 2 rings (SSSR count). The van der Waals surface area contributed by atoms with Crippen molar-refractivity contribution in [1.29, 1.82) is 5.26 Å². The maximum absolute atomic E-state index is 13.8. The molecule has 1 aromatic carbocycles. The molecule has 0 spiro atoms. The highest BCUT2D eigenvalue weighted by Gasteiger charge is 2.06. The Bertz CT molecular complexity index is 601. The zero-order valence-corrected chi connectivity index (χ0v) is 11.4. The summed E-state index contributed by atoms with van der Waals surface area (Å²) in [6.45, 7) is 3.13. The number of aryl methyl sites for hydroxylation is 1. The highest BCUT2D eigenvalue weighted by Crippen LogP contribution is 2.12. The molecule has 0 aliphatic carbocycles. The van der Waals surface area contributed by atoms with Gasteiger partial charge in [0, 0.05) is 30.5 Å². The predicted octanol–water partition coefficient (Wildman–Crippen LogP) is 2.79. The van der Waals surface area contributed by atoms with Crippen LogP contribution in [0.15, 0.2) is 23.6 Å². The molecular weight excluding hydrogens is 261 g/mol. The number of hydrogen-bond acceptors (Lipinski definition) is 4. The fraction of sp³-hybridized carbons (Fsp3) is 0.286. The van der Waals surface area contributed by atoms with Crippen LogP contribution in [0.2, 0.25) is 0 Å². The van der Waals surface area contributed by atoms with E-state index in [-0.39, 0.29) is 5.56 Å². The van der Waals surface area contributed by atoms with Crippen molar-refractivity contribution in [3.8, 4) is 6.07 Å². The number of hydrogen-bond donors (Lipinski definition) is 1. The minimum Gasteiger partial charge on any atom is -0.312 e. The highest BCUT2D eigenvalue weighted by molar-refractivity contribution is 7.09. The first-order valence-corrected chi connectivity index (χ1v) is 6.88. The van der Waals surface area contributed by atoms with Crippen LogP contribution in [0.4, 0.5) is 4.39 Å². The van der Waals surface area contributed by atoms with Crippen LogP contribution < -0.4 is 5.32 Å². The maximum atomic E-state index is 13.8. The zero-order valence-electron chi connectivity index (χ0n) is 10.6. The van der Waals surface area contributed by atoms with Crippen LogP contribution in [-0.2, 0) is 13.0 Å². The number of rotatable bonds is 5. The Labute approximate surface area is 115 Å². The van der Waals surface area contributed by atoms with Crippen LogP contribution >= 0.6 is 11.3 Å². The van der Waals surface area contributed by atoms with Crippen molar-refractivity contribution in [2.75, 3.05) is 6.54 Å². The molecule has 0 unspecified atom stereocenters. The second kappa shape index (κ2) is 6.41. The second-order valence-corrected chi connectivity index (χ2v) is 5.24. The lowest BCUT2D eigenvalue weighted by molar-refractivity contribution is 0.584. The van der Waals surface area contributed by atoms with Crippen LogP contribution in [0.1, 0.15) is 21.8 Å². The Morgan fingerprint density at radius 3 is 3.00 bits per heavy atom. The molecule has 98 valence electrons. The van der Waals surface area contributed by atoms with Gasteiger partial charge < -0.3 is 5.32 Å². The van der Waals surface area contributed by atoms with E-state index in [4.69, 9.17) is 5.26 Å². The van der Waals surface area contributed by atoms with E-state index in [1.54, 1.807) is 23.5 Å². The lowest BCUT2D eigenvalue weighted by Crippen LogP contribution is -2.17. The Morgan fingerprint density at radius 1 is 1.47 bits per heavy atom. The molecule has 5 heteroatoms. The molecule has 19 heavy (non-hydrogen) atoms. The van der Waals surface area contributed by atoms with Gasteiger partial charge in [-0.25, -0.2) is 9.37 Å². The van der Waals surface area contributed by atoms with Crippen molar-refractivity contribution in [1.82, 2.24) is 10.3 Å². The molecule has 2 aromatic rings. The molecule has 1 N–H and O–H groups in total. The van der Waals surface area contributed by atoms with Crippen molar-refractivity contribution in [3.05, 3.63) is 51.2 Å². The summed E-state index contributed by atoms with van der Waals surface area (Å²) in [4.78, 5) is 4.36. The summed E-state index contributed by atoms with van der Waals surface area (Å²) in [7, 11) is 0. The van der Waals surface area contributed by atoms with Gasteiger partial charge in [0.05, 0.1) is 16.3 Å². The Hall–Kier alpha value is -1.77. The van der Waals surface area contributed by atoms with Crippen molar-refractivity contribution in [2.24, 2.45) is 0 Å². The average Bonchev–Trinajstić information content (AvgIpc) is 2.82. The fourth-order valence-corrected chi connectivity index (χ4v) is 2.41. The third-order valence-corrected chi connectivity index (χ3v) is 3.56. The summed E-state index contributed by atoms with van der Waals surface area (Å²) in [5.41, 5.74) is 1.67. The van der Waals surface area contributed by atoms with Crippen LogP contribution in [-0.4, -0.2) is 11.5 Å². The van der Waals surface area contributed by atoms with E-state index in [9.17, 15) is 4.39 Å². The van der Waals surface area contributed by atoms with E-state index in [0.29, 0.717) is 12.1 Å². The van der Waals surface area contributed by atoms with Crippen LogP contribution in [0, 0.1) is 24.1 Å². The molecule has 0 aliphatic rings. The maximum Gasteiger partial charge on any atom is 0.145 e. The summed E-state index contributed by atoms with van der Waals surface area (Å²) >= 11 is 1.63. The van der Waals surface area contributed by atoms with Gasteiger partial charge in [0.1, 0.15) is 11.9 Å².